The average molecular weight is 532 g/mol. The Kier molecular flexibility index (Phi) is 6.65. The van der Waals surface area contributed by atoms with E-state index < -0.39 is 29.5 Å². The lowest BCUT2D eigenvalue weighted by molar-refractivity contribution is -0.136. The third-order valence-corrected chi connectivity index (χ3v) is 7.73. The first-order valence-electron chi connectivity index (χ1n) is 11.7. The summed E-state index contributed by atoms with van der Waals surface area (Å²) in [6.07, 6.45) is -2.51. The third kappa shape index (κ3) is 4.91. The lowest BCUT2D eigenvalue weighted by Gasteiger charge is -2.34. The van der Waals surface area contributed by atoms with Crippen molar-refractivity contribution in [2.75, 3.05) is 30.3 Å². The predicted octanol–water partition coefficient (Wildman–Crippen LogP) is 4.44. The highest BCUT2D eigenvalue weighted by atomic mass is 32.1. The third-order valence-electron chi connectivity index (χ3n) is 6.65. The fraction of sp³-hybridized carbons (Fsp3) is 0.320. The number of aliphatic hydroxyl groups is 1. The number of benzene rings is 1. The highest BCUT2D eigenvalue weighted by molar-refractivity contribution is 7.21. The lowest BCUT2D eigenvalue weighted by Crippen LogP contribution is -2.44. The molecule has 1 aliphatic heterocycles. The second-order valence-electron chi connectivity index (χ2n) is 8.96. The summed E-state index contributed by atoms with van der Waals surface area (Å²) in [5.74, 6) is -1.25. The number of carbonyl (C=O) groups is 1. The fourth-order valence-corrected chi connectivity index (χ4v) is 5.72. The number of thiophene rings is 1. The van der Waals surface area contributed by atoms with Crippen molar-refractivity contribution in [1.29, 1.82) is 0 Å². The van der Waals surface area contributed by atoms with E-state index in [1.54, 1.807) is 17.2 Å². The number of aromatic carboxylic acids is 1. The minimum absolute atomic E-state index is 0.0485. The molecule has 3 aromatic heterocycles. The van der Waals surface area contributed by atoms with Crippen LogP contribution in [-0.4, -0.2) is 51.8 Å². The van der Waals surface area contributed by atoms with Crippen LogP contribution < -0.4 is 16.0 Å². The van der Waals surface area contributed by atoms with Crippen LogP contribution in [0.4, 0.5) is 24.7 Å². The monoisotopic (exact) mass is 531 g/mol. The van der Waals surface area contributed by atoms with E-state index in [-0.39, 0.29) is 27.0 Å². The lowest BCUT2D eigenvalue weighted by atomic mass is 10.0. The number of carboxylic acids is 1. The molecule has 1 aromatic carbocycles. The molecule has 0 spiro atoms. The Morgan fingerprint density at radius 3 is 2.68 bits per heavy atom. The van der Waals surface area contributed by atoms with Crippen LogP contribution in [0.15, 0.2) is 42.6 Å². The molecule has 1 aliphatic rings. The summed E-state index contributed by atoms with van der Waals surface area (Å²) in [5, 5.41) is 24.0. The summed E-state index contributed by atoms with van der Waals surface area (Å²) in [6, 6.07) is 10.4. The number of piperidine rings is 1. The first kappa shape index (κ1) is 25.2. The van der Waals surface area contributed by atoms with Crippen molar-refractivity contribution < 1.29 is 28.2 Å². The number of anilines is 2. The molecule has 0 bridgehead atoms. The summed E-state index contributed by atoms with van der Waals surface area (Å²) in [6.45, 7) is 1.23. The molecule has 12 heteroatoms. The molecule has 0 amide bonds. The van der Waals surface area contributed by atoms with Crippen molar-refractivity contribution >= 4 is 49.9 Å². The van der Waals surface area contributed by atoms with E-state index in [1.807, 2.05) is 24.3 Å². The Bertz CT molecular complexity index is 1460. The van der Waals surface area contributed by atoms with Gasteiger partial charge in [-0.05, 0) is 36.6 Å². The van der Waals surface area contributed by atoms with Crippen LogP contribution in [0.1, 0.15) is 39.7 Å². The van der Waals surface area contributed by atoms with E-state index in [0.29, 0.717) is 43.8 Å². The van der Waals surface area contributed by atoms with Gasteiger partial charge in [-0.2, -0.15) is 13.2 Å². The van der Waals surface area contributed by atoms with Crippen LogP contribution in [0.5, 0.6) is 0 Å². The summed E-state index contributed by atoms with van der Waals surface area (Å²) in [7, 11) is 0. The molecule has 194 valence electrons. The summed E-state index contributed by atoms with van der Waals surface area (Å²) in [4.78, 5) is 21.4. The number of halogens is 3. The summed E-state index contributed by atoms with van der Waals surface area (Å²) in [5.41, 5.74) is 5.94. The summed E-state index contributed by atoms with van der Waals surface area (Å²) >= 11 is 0.644. The Morgan fingerprint density at radius 2 is 1.97 bits per heavy atom. The zero-order chi connectivity index (χ0) is 26.3. The van der Waals surface area contributed by atoms with Crippen LogP contribution in [0.2, 0.25) is 0 Å². The van der Waals surface area contributed by atoms with E-state index in [1.165, 1.54) is 0 Å². The van der Waals surface area contributed by atoms with Gasteiger partial charge in [0.15, 0.2) is 0 Å². The maximum atomic E-state index is 13.8. The van der Waals surface area contributed by atoms with Gasteiger partial charge in [-0.1, -0.05) is 18.2 Å². The molecule has 1 atom stereocenters. The molecule has 8 nitrogen and oxygen atoms in total. The second-order valence-corrected chi connectivity index (χ2v) is 9.96. The van der Waals surface area contributed by atoms with Gasteiger partial charge < -0.3 is 26.2 Å². The Labute approximate surface area is 213 Å². The number of fused-ring (bicyclic) bond motifs is 2. The Morgan fingerprint density at radius 1 is 1.24 bits per heavy atom. The number of nitrogens with one attached hydrogen (secondary N) is 1. The number of nitrogen functional groups attached to an aromatic ring is 1. The Hall–Kier alpha value is -3.48. The maximum absolute atomic E-state index is 13.8. The number of aliphatic hydroxyl groups excluding tert-OH is 1. The van der Waals surface area contributed by atoms with Crippen LogP contribution in [-0.2, 0) is 6.18 Å². The van der Waals surface area contributed by atoms with Crippen LogP contribution in [0, 0.1) is 0 Å². The number of nitrogens with two attached hydrogens (primary N) is 1. The number of alkyl halides is 3. The van der Waals surface area contributed by atoms with Crippen molar-refractivity contribution in [3.05, 3.63) is 58.6 Å². The number of hydrogen-bond donors (Lipinski definition) is 4. The fourth-order valence-electron chi connectivity index (χ4n) is 4.76. The molecule has 1 fully saturated rings. The van der Waals surface area contributed by atoms with E-state index >= 15 is 0 Å². The van der Waals surface area contributed by atoms with Gasteiger partial charge in [-0.25, -0.2) is 9.78 Å². The van der Waals surface area contributed by atoms with Crippen molar-refractivity contribution in [2.24, 2.45) is 0 Å². The highest BCUT2D eigenvalue weighted by Gasteiger charge is 2.37. The van der Waals surface area contributed by atoms with Gasteiger partial charge in [-0.3, -0.25) is 4.98 Å². The molecule has 1 unspecified atom stereocenters. The zero-order valence-corrected chi connectivity index (χ0v) is 20.3. The average Bonchev–Trinajstić information content (AvgIpc) is 3.22. The first-order chi connectivity index (χ1) is 17.6. The number of carboxylic acid groups (broad SMARTS) is 1. The molecule has 4 aromatic rings. The first-order valence-corrected chi connectivity index (χ1v) is 12.5. The number of hydrogen-bond acceptors (Lipinski definition) is 8. The van der Waals surface area contributed by atoms with Crippen LogP contribution >= 0.6 is 11.3 Å². The van der Waals surface area contributed by atoms with Crippen molar-refractivity contribution in [1.82, 2.24) is 15.3 Å². The number of pyridine rings is 2. The minimum Gasteiger partial charge on any atom is -0.477 e. The molecule has 5 rings (SSSR count). The van der Waals surface area contributed by atoms with E-state index in [4.69, 9.17) is 5.73 Å². The van der Waals surface area contributed by atoms with Gasteiger partial charge >= 0.3 is 12.1 Å². The minimum atomic E-state index is -4.71. The molecular weight excluding hydrogens is 507 g/mol. The Balaban J connectivity index is 1.28. The topological polar surface area (TPSA) is 125 Å². The molecule has 0 radical (unpaired) electrons. The van der Waals surface area contributed by atoms with Gasteiger partial charge in [0.05, 0.1) is 22.9 Å². The number of para-hydroxylation sites is 1. The van der Waals surface area contributed by atoms with E-state index in [0.717, 1.165) is 22.5 Å². The van der Waals surface area contributed by atoms with Gasteiger partial charge in [0.25, 0.3) is 0 Å². The zero-order valence-electron chi connectivity index (χ0n) is 19.5. The summed E-state index contributed by atoms with van der Waals surface area (Å²) < 4.78 is 41.5. The van der Waals surface area contributed by atoms with Crippen molar-refractivity contribution in [3.8, 4) is 0 Å². The molecule has 4 heterocycles. The standard InChI is InChI=1S/C25H24F3N5O3S/c26-25(27,28)16-11-19(32-23-20(16)21(29)22(37-23)24(35)36)33-9-6-13(7-10-33)31-12-18(34)15-5-8-30-17-4-2-1-3-14(15)17/h1-5,8,11,13,18,31,34H,6-7,9-10,12,29H2,(H,35,36). The molecular formula is C25H24F3N5O3S. The van der Waals surface area contributed by atoms with Gasteiger partial charge in [0.2, 0.25) is 0 Å². The van der Waals surface area contributed by atoms with E-state index in [2.05, 4.69) is 15.3 Å². The van der Waals surface area contributed by atoms with Crippen molar-refractivity contribution in [3.63, 3.8) is 0 Å². The van der Waals surface area contributed by atoms with Gasteiger partial charge in [0.1, 0.15) is 15.5 Å². The molecule has 37 heavy (non-hydrogen) atoms. The van der Waals surface area contributed by atoms with Crippen molar-refractivity contribution in [2.45, 2.75) is 31.2 Å². The largest absolute Gasteiger partial charge is 0.477 e. The molecule has 0 aliphatic carbocycles. The quantitative estimate of drug-likeness (QED) is 0.288. The van der Waals surface area contributed by atoms with Crippen LogP contribution in [0.25, 0.3) is 21.1 Å². The second kappa shape index (κ2) is 9.77. The molecule has 5 N–H and O–H groups in total. The smallest absolute Gasteiger partial charge is 0.417 e. The number of rotatable bonds is 6. The predicted molar refractivity (Wildman–Crippen MR) is 136 cm³/mol. The molecule has 1 saturated heterocycles. The number of aromatic nitrogens is 2. The SMILES string of the molecule is Nc1c(C(=O)O)sc2nc(N3CCC(NCC(O)c4ccnc5ccccc45)CC3)cc(C(F)(F)F)c12. The van der Waals surface area contributed by atoms with E-state index in [9.17, 15) is 28.2 Å². The molecule has 0 saturated carbocycles. The van der Waals surface area contributed by atoms with Gasteiger partial charge in [0, 0.05) is 42.6 Å². The van der Waals surface area contributed by atoms with Gasteiger partial charge in [-0.15, -0.1) is 11.3 Å². The highest BCUT2D eigenvalue weighted by Crippen LogP contribution is 2.43. The van der Waals surface area contributed by atoms with Crippen LogP contribution in [0.3, 0.4) is 0 Å². The normalized spacial score (nSPS) is 15.9. The maximum Gasteiger partial charge on any atom is 0.417 e. The number of nitrogens with zero attached hydrogens (tertiary/aromatic N) is 3.